The summed E-state index contributed by atoms with van der Waals surface area (Å²) in [6.07, 6.45) is 6.57. The van der Waals surface area contributed by atoms with E-state index in [1.807, 2.05) is 0 Å². The molecule has 2 aromatic rings. The maximum Gasteiger partial charge on any atom is 0.0326 e. The van der Waals surface area contributed by atoms with Crippen molar-refractivity contribution in [2.75, 3.05) is 0 Å². The monoisotopic (exact) mass is 277 g/mol. The van der Waals surface area contributed by atoms with Crippen LogP contribution < -0.4 is 5.32 Å². The van der Waals surface area contributed by atoms with Crippen LogP contribution in [-0.4, -0.2) is 0 Å². The molecule has 0 amide bonds. The second kappa shape index (κ2) is 5.65. The molecule has 0 heterocycles. The Bertz CT molecular complexity index is 610. The molecule has 0 radical (unpaired) electrons. The summed E-state index contributed by atoms with van der Waals surface area (Å²) in [4.78, 5) is 0. The molecular weight excluding hydrogens is 254 g/mol. The molecule has 1 unspecified atom stereocenters. The molecule has 1 N–H and O–H groups in total. The summed E-state index contributed by atoms with van der Waals surface area (Å²) in [5, 5.41) is 3.76. The van der Waals surface area contributed by atoms with Crippen LogP contribution in [0.2, 0.25) is 0 Å². The third-order valence-electron chi connectivity index (χ3n) is 4.95. The van der Waals surface area contributed by atoms with Crippen molar-refractivity contribution in [1.29, 1.82) is 0 Å². The molecule has 0 saturated heterocycles. The van der Waals surface area contributed by atoms with Crippen LogP contribution in [0.4, 0.5) is 0 Å². The Morgan fingerprint density at radius 2 is 1.71 bits per heavy atom. The van der Waals surface area contributed by atoms with Crippen molar-refractivity contribution in [2.45, 2.75) is 50.6 Å². The molecule has 0 spiro atoms. The number of hydrogen-bond donors (Lipinski definition) is 1. The number of benzene rings is 2. The first-order chi connectivity index (χ1) is 10.4. The third kappa shape index (κ3) is 2.89. The van der Waals surface area contributed by atoms with Gasteiger partial charge in [0.1, 0.15) is 0 Å². The molecule has 1 atom stereocenters. The Morgan fingerprint density at radius 1 is 0.905 bits per heavy atom. The minimum Gasteiger partial charge on any atom is -0.306 e. The Morgan fingerprint density at radius 3 is 2.52 bits per heavy atom. The van der Waals surface area contributed by atoms with E-state index in [2.05, 4.69) is 53.8 Å². The first kappa shape index (κ1) is 13.1. The Hall–Kier alpha value is -1.60. The van der Waals surface area contributed by atoms with Crippen molar-refractivity contribution in [3.05, 3.63) is 70.8 Å². The van der Waals surface area contributed by atoms with Gasteiger partial charge in [0.05, 0.1) is 0 Å². The first-order valence-electron chi connectivity index (χ1n) is 8.30. The van der Waals surface area contributed by atoms with E-state index in [9.17, 15) is 0 Å². The van der Waals surface area contributed by atoms with Gasteiger partial charge in [0, 0.05) is 12.6 Å². The summed E-state index contributed by atoms with van der Waals surface area (Å²) in [5.41, 5.74) is 5.98. The summed E-state index contributed by atoms with van der Waals surface area (Å²) < 4.78 is 0. The smallest absolute Gasteiger partial charge is 0.0326 e. The second-order valence-electron chi connectivity index (χ2n) is 6.54. The van der Waals surface area contributed by atoms with Crippen molar-refractivity contribution < 1.29 is 0 Å². The summed E-state index contributed by atoms with van der Waals surface area (Å²) in [5.74, 6) is 0.859. The second-order valence-corrected chi connectivity index (χ2v) is 6.54. The fraction of sp³-hybridized carbons (Fsp3) is 0.400. The molecule has 2 aliphatic carbocycles. The van der Waals surface area contributed by atoms with E-state index in [4.69, 9.17) is 0 Å². The molecule has 0 aliphatic heterocycles. The summed E-state index contributed by atoms with van der Waals surface area (Å²) in [6.45, 7) is 0.976. The van der Waals surface area contributed by atoms with Gasteiger partial charge in [-0.25, -0.2) is 0 Å². The maximum atomic E-state index is 3.76. The largest absolute Gasteiger partial charge is 0.306 e. The molecule has 0 aromatic heterocycles. The van der Waals surface area contributed by atoms with Gasteiger partial charge in [-0.1, -0.05) is 48.5 Å². The third-order valence-corrected chi connectivity index (χ3v) is 4.95. The molecule has 1 nitrogen and oxygen atoms in total. The molecule has 1 heteroatoms. The highest BCUT2D eigenvalue weighted by Crippen LogP contribution is 2.39. The zero-order chi connectivity index (χ0) is 14.1. The fourth-order valence-corrected chi connectivity index (χ4v) is 3.53. The van der Waals surface area contributed by atoms with E-state index in [1.54, 1.807) is 0 Å². The normalized spacial score (nSPS) is 21.0. The predicted molar refractivity (Wildman–Crippen MR) is 87.4 cm³/mol. The molecule has 4 rings (SSSR count). The lowest BCUT2D eigenvalue weighted by Crippen LogP contribution is -2.24. The topological polar surface area (TPSA) is 12.0 Å². The van der Waals surface area contributed by atoms with Crippen LogP contribution in [0.25, 0.3) is 0 Å². The number of fused-ring (bicyclic) bond motifs is 1. The van der Waals surface area contributed by atoms with Gasteiger partial charge in [-0.3, -0.25) is 0 Å². The lowest BCUT2D eigenvalue weighted by molar-refractivity contribution is 0.459. The first-order valence-corrected chi connectivity index (χ1v) is 8.30. The Labute approximate surface area is 127 Å². The maximum absolute atomic E-state index is 3.76. The highest BCUT2D eigenvalue weighted by Gasteiger charge is 2.23. The molecule has 108 valence electrons. The lowest BCUT2D eigenvalue weighted by Gasteiger charge is -2.26. The molecule has 1 saturated carbocycles. The van der Waals surface area contributed by atoms with Gasteiger partial charge in [-0.05, 0) is 60.3 Å². The number of rotatable bonds is 4. The van der Waals surface area contributed by atoms with Gasteiger partial charge in [-0.15, -0.1) is 0 Å². The summed E-state index contributed by atoms with van der Waals surface area (Å²) in [6, 6.07) is 18.7. The van der Waals surface area contributed by atoms with Crippen molar-refractivity contribution in [3.63, 3.8) is 0 Å². The number of nitrogens with one attached hydrogen (secondary N) is 1. The molecule has 0 bridgehead atoms. The lowest BCUT2D eigenvalue weighted by atomic mass is 9.87. The fourth-order valence-electron chi connectivity index (χ4n) is 3.53. The molecule has 21 heavy (non-hydrogen) atoms. The van der Waals surface area contributed by atoms with Crippen molar-refractivity contribution in [2.24, 2.45) is 0 Å². The minimum atomic E-state index is 0.526. The van der Waals surface area contributed by atoms with Crippen molar-refractivity contribution in [3.8, 4) is 0 Å². The predicted octanol–water partition coefficient (Wildman–Crippen LogP) is 4.73. The zero-order valence-electron chi connectivity index (χ0n) is 12.5. The van der Waals surface area contributed by atoms with E-state index < -0.39 is 0 Å². The highest BCUT2D eigenvalue weighted by atomic mass is 14.9. The van der Waals surface area contributed by atoms with Gasteiger partial charge in [0.2, 0.25) is 0 Å². The zero-order valence-corrected chi connectivity index (χ0v) is 12.5. The van der Waals surface area contributed by atoms with Crippen LogP contribution in [0.3, 0.4) is 0 Å². The number of hydrogen-bond acceptors (Lipinski definition) is 1. The van der Waals surface area contributed by atoms with Crippen LogP contribution in [0.15, 0.2) is 48.5 Å². The van der Waals surface area contributed by atoms with Gasteiger partial charge in [-0.2, -0.15) is 0 Å². The van der Waals surface area contributed by atoms with E-state index in [1.165, 1.54) is 54.4 Å². The van der Waals surface area contributed by atoms with Gasteiger partial charge < -0.3 is 5.32 Å². The van der Waals surface area contributed by atoms with Crippen LogP contribution in [0.5, 0.6) is 0 Å². The average Bonchev–Trinajstić information content (AvgIpc) is 3.38. The van der Waals surface area contributed by atoms with Gasteiger partial charge in [0.15, 0.2) is 0 Å². The summed E-state index contributed by atoms with van der Waals surface area (Å²) >= 11 is 0. The average molecular weight is 277 g/mol. The van der Waals surface area contributed by atoms with Crippen LogP contribution >= 0.6 is 0 Å². The SMILES string of the molecule is c1ccc2c(c1)CCCC2NCc1ccc(C2CC2)cc1. The quantitative estimate of drug-likeness (QED) is 0.851. The number of aryl methyl sites for hydroxylation is 1. The highest BCUT2D eigenvalue weighted by molar-refractivity contribution is 5.32. The molecule has 1 fully saturated rings. The van der Waals surface area contributed by atoms with E-state index >= 15 is 0 Å². The standard InChI is InChI=1S/C20H23N/c1-2-6-19-18(4-1)5-3-7-20(19)21-14-15-8-10-16(11-9-15)17-12-13-17/h1-2,4,6,8-11,17,20-21H,3,5,7,12-14H2. The van der Waals surface area contributed by atoms with Crippen molar-refractivity contribution >= 4 is 0 Å². The molecule has 2 aliphatic rings. The van der Waals surface area contributed by atoms with Crippen LogP contribution in [0.1, 0.15) is 59.9 Å². The van der Waals surface area contributed by atoms with Crippen LogP contribution in [-0.2, 0) is 13.0 Å². The van der Waals surface area contributed by atoms with Crippen LogP contribution in [0, 0.1) is 0 Å². The van der Waals surface area contributed by atoms with E-state index in [0.29, 0.717) is 6.04 Å². The van der Waals surface area contributed by atoms with Crippen molar-refractivity contribution in [1.82, 2.24) is 5.32 Å². The van der Waals surface area contributed by atoms with E-state index in [-0.39, 0.29) is 0 Å². The Kier molecular flexibility index (Phi) is 3.52. The molecular formula is C20H23N. The van der Waals surface area contributed by atoms with Gasteiger partial charge in [0.25, 0.3) is 0 Å². The van der Waals surface area contributed by atoms with Gasteiger partial charge >= 0.3 is 0 Å². The summed E-state index contributed by atoms with van der Waals surface area (Å²) in [7, 11) is 0. The Balaban J connectivity index is 1.42. The van der Waals surface area contributed by atoms with E-state index in [0.717, 1.165) is 12.5 Å². The molecule has 2 aromatic carbocycles. The minimum absolute atomic E-state index is 0.526.